The largest absolute Gasteiger partial charge is 0.457 e. The van der Waals surface area contributed by atoms with E-state index in [0.29, 0.717) is 24.1 Å². The maximum absolute atomic E-state index is 13.3. The molecule has 1 amide bonds. The highest BCUT2D eigenvalue weighted by molar-refractivity contribution is 5.79. The molecule has 8 heteroatoms. The molecule has 4 saturated carbocycles. The standard InChI is InChI=1S/C21H25N5O3/c1-14(27)22-21-10-15-7-16(11-21)9-20(8-15,13-21)19(28)29-12-18-23-24-25-26(18)17-5-3-2-4-6-17/h2-6,15-16H,7-13H2,1H3,(H,22,27)/t15-,16+,20?,21?. The molecule has 4 bridgehead atoms. The number of ether oxygens (including phenoxy) is 1. The van der Waals surface area contributed by atoms with Gasteiger partial charge in [0.1, 0.15) is 0 Å². The molecule has 4 aliphatic rings. The van der Waals surface area contributed by atoms with Crippen molar-refractivity contribution in [2.75, 3.05) is 0 Å². The first-order chi connectivity index (χ1) is 14.0. The van der Waals surface area contributed by atoms with Gasteiger partial charge in [-0.25, -0.2) is 0 Å². The Morgan fingerprint density at radius 3 is 2.59 bits per heavy atom. The number of esters is 1. The molecule has 0 radical (unpaired) electrons. The Morgan fingerprint density at radius 2 is 1.90 bits per heavy atom. The second kappa shape index (κ2) is 6.64. The highest BCUT2D eigenvalue weighted by Crippen LogP contribution is 2.62. The number of para-hydroxylation sites is 1. The number of hydrogen-bond acceptors (Lipinski definition) is 6. The molecule has 0 spiro atoms. The minimum Gasteiger partial charge on any atom is -0.457 e. The van der Waals surface area contributed by atoms with Crippen molar-refractivity contribution in [1.29, 1.82) is 0 Å². The minimum atomic E-state index is -0.502. The molecule has 8 nitrogen and oxygen atoms in total. The van der Waals surface area contributed by atoms with Crippen molar-refractivity contribution in [2.24, 2.45) is 17.3 Å². The summed E-state index contributed by atoms with van der Waals surface area (Å²) < 4.78 is 7.36. The van der Waals surface area contributed by atoms with Crippen LogP contribution in [0.5, 0.6) is 0 Å². The van der Waals surface area contributed by atoms with Crippen molar-refractivity contribution in [2.45, 2.75) is 57.6 Å². The quantitative estimate of drug-likeness (QED) is 0.779. The summed E-state index contributed by atoms with van der Waals surface area (Å²) >= 11 is 0. The molecule has 4 aliphatic carbocycles. The molecule has 1 N–H and O–H groups in total. The van der Waals surface area contributed by atoms with E-state index >= 15 is 0 Å². The van der Waals surface area contributed by atoms with Crippen LogP contribution in [0.25, 0.3) is 5.69 Å². The average molecular weight is 395 g/mol. The molecule has 4 fully saturated rings. The zero-order valence-electron chi connectivity index (χ0n) is 16.5. The highest BCUT2D eigenvalue weighted by atomic mass is 16.5. The number of nitrogens with one attached hydrogen (secondary N) is 1. The molecule has 152 valence electrons. The number of rotatable bonds is 5. The van der Waals surface area contributed by atoms with Gasteiger partial charge in [-0.15, -0.1) is 5.10 Å². The molecule has 2 aromatic rings. The Bertz CT molecular complexity index is 927. The lowest BCUT2D eigenvalue weighted by molar-refractivity contribution is -0.177. The van der Waals surface area contributed by atoms with Gasteiger partial charge < -0.3 is 10.1 Å². The van der Waals surface area contributed by atoms with Crippen molar-refractivity contribution in [3.8, 4) is 5.69 Å². The van der Waals surface area contributed by atoms with Crippen LogP contribution >= 0.6 is 0 Å². The minimum absolute atomic E-state index is 0.0162. The Hall–Kier alpha value is -2.77. The Morgan fingerprint density at radius 1 is 1.17 bits per heavy atom. The van der Waals surface area contributed by atoms with Crippen LogP contribution in [0.3, 0.4) is 0 Å². The summed E-state index contributed by atoms with van der Waals surface area (Å²) in [5.41, 5.74) is 0.0703. The summed E-state index contributed by atoms with van der Waals surface area (Å²) in [7, 11) is 0. The van der Waals surface area contributed by atoms with E-state index in [0.717, 1.165) is 37.8 Å². The predicted octanol–water partition coefficient (Wildman–Crippen LogP) is 2.18. The molecular weight excluding hydrogens is 370 g/mol. The van der Waals surface area contributed by atoms with E-state index in [1.54, 1.807) is 11.6 Å². The number of carbonyl (C=O) groups is 2. The highest BCUT2D eigenvalue weighted by Gasteiger charge is 2.61. The van der Waals surface area contributed by atoms with E-state index in [-0.39, 0.29) is 24.0 Å². The maximum atomic E-state index is 13.3. The van der Waals surface area contributed by atoms with Crippen LogP contribution in [0.4, 0.5) is 0 Å². The summed E-state index contributed by atoms with van der Waals surface area (Å²) in [6, 6.07) is 9.54. The van der Waals surface area contributed by atoms with Gasteiger partial charge in [-0.1, -0.05) is 18.2 Å². The number of nitrogens with zero attached hydrogens (tertiary/aromatic N) is 4. The lowest BCUT2D eigenvalue weighted by Crippen LogP contribution is -2.64. The van der Waals surface area contributed by atoms with Crippen LogP contribution in [-0.2, 0) is 20.9 Å². The smallest absolute Gasteiger partial charge is 0.312 e. The summed E-state index contributed by atoms with van der Waals surface area (Å²) in [6.45, 7) is 1.60. The molecule has 1 heterocycles. The lowest BCUT2D eigenvalue weighted by atomic mass is 9.47. The molecular formula is C21H25N5O3. The van der Waals surface area contributed by atoms with Gasteiger partial charge in [0, 0.05) is 12.5 Å². The third kappa shape index (κ3) is 3.20. The Balaban J connectivity index is 1.33. The van der Waals surface area contributed by atoms with Crippen molar-refractivity contribution < 1.29 is 14.3 Å². The van der Waals surface area contributed by atoms with E-state index in [2.05, 4.69) is 20.8 Å². The SMILES string of the molecule is CC(=O)NC12C[C@H]3C[C@@H](C1)CC(C(=O)OCc1nnnn1-c1ccccc1)(C3)C2. The Labute approximate surface area is 169 Å². The van der Waals surface area contributed by atoms with Gasteiger partial charge in [-0.05, 0) is 72.9 Å². The summed E-state index contributed by atoms with van der Waals surface area (Å²) in [5, 5.41) is 15.0. The summed E-state index contributed by atoms with van der Waals surface area (Å²) in [6.07, 6.45) is 5.49. The van der Waals surface area contributed by atoms with E-state index < -0.39 is 5.41 Å². The predicted molar refractivity (Wildman–Crippen MR) is 103 cm³/mol. The second-order valence-corrected chi connectivity index (χ2v) is 9.12. The first kappa shape index (κ1) is 18.3. The lowest BCUT2D eigenvalue weighted by Gasteiger charge is -2.60. The van der Waals surface area contributed by atoms with Gasteiger partial charge in [0.15, 0.2) is 12.4 Å². The third-order valence-electron chi connectivity index (χ3n) is 6.80. The number of hydrogen-bond donors (Lipinski definition) is 1. The average Bonchev–Trinajstić information content (AvgIpc) is 3.13. The van der Waals surface area contributed by atoms with Crippen LogP contribution in [0.1, 0.15) is 51.3 Å². The zero-order valence-corrected chi connectivity index (χ0v) is 16.5. The molecule has 0 aliphatic heterocycles. The van der Waals surface area contributed by atoms with Gasteiger partial charge in [0.05, 0.1) is 11.1 Å². The van der Waals surface area contributed by atoms with E-state index in [4.69, 9.17) is 4.74 Å². The van der Waals surface area contributed by atoms with Crippen LogP contribution in [-0.4, -0.2) is 37.6 Å². The number of aromatic nitrogens is 4. The van der Waals surface area contributed by atoms with E-state index in [1.165, 1.54) is 0 Å². The molecule has 2 unspecified atom stereocenters. The summed E-state index contributed by atoms with van der Waals surface area (Å²) in [4.78, 5) is 25.1. The molecule has 6 rings (SSSR count). The van der Waals surface area contributed by atoms with Gasteiger partial charge in [-0.3, -0.25) is 9.59 Å². The normalized spacial score (nSPS) is 32.2. The zero-order chi connectivity index (χ0) is 20.1. The molecule has 1 aromatic carbocycles. The number of amides is 1. The number of carbonyl (C=O) groups excluding carboxylic acids is 2. The topological polar surface area (TPSA) is 99.0 Å². The molecule has 1 aromatic heterocycles. The molecule has 29 heavy (non-hydrogen) atoms. The van der Waals surface area contributed by atoms with Gasteiger partial charge >= 0.3 is 5.97 Å². The van der Waals surface area contributed by atoms with Crippen LogP contribution < -0.4 is 5.32 Å². The van der Waals surface area contributed by atoms with Gasteiger partial charge in [0.2, 0.25) is 5.91 Å². The van der Waals surface area contributed by atoms with Gasteiger partial charge in [0.25, 0.3) is 0 Å². The van der Waals surface area contributed by atoms with Gasteiger partial charge in [-0.2, -0.15) is 4.68 Å². The van der Waals surface area contributed by atoms with Crippen LogP contribution in [0.2, 0.25) is 0 Å². The van der Waals surface area contributed by atoms with E-state index in [1.807, 2.05) is 30.3 Å². The monoisotopic (exact) mass is 395 g/mol. The summed E-state index contributed by atoms with van der Waals surface area (Å²) in [5.74, 6) is 1.25. The van der Waals surface area contributed by atoms with Crippen molar-refractivity contribution in [1.82, 2.24) is 25.5 Å². The number of tetrazole rings is 1. The van der Waals surface area contributed by atoms with Crippen molar-refractivity contribution in [3.05, 3.63) is 36.2 Å². The van der Waals surface area contributed by atoms with Crippen molar-refractivity contribution in [3.63, 3.8) is 0 Å². The first-order valence-corrected chi connectivity index (χ1v) is 10.3. The first-order valence-electron chi connectivity index (χ1n) is 10.3. The maximum Gasteiger partial charge on any atom is 0.312 e. The molecule has 0 saturated heterocycles. The fourth-order valence-electron chi connectivity index (χ4n) is 6.37. The third-order valence-corrected chi connectivity index (χ3v) is 6.80. The van der Waals surface area contributed by atoms with E-state index in [9.17, 15) is 9.59 Å². The van der Waals surface area contributed by atoms with Crippen LogP contribution in [0, 0.1) is 17.3 Å². The fourth-order valence-corrected chi connectivity index (χ4v) is 6.37. The second-order valence-electron chi connectivity index (χ2n) is 9.12. The molecule has 4 atom stereocenters. The Kier molecular flexibility index (Phi) is 4.18. The van der Waals surface area contributed by atoms with Crippen molar-refractivity contribution >= 4 is 11.9 Å². The number of benzene rings is 1. The fraction of sp³-hybridized carbons (Fsp3) is 0.571. The van der Waals surface area contributed by atoms with Crippen LogP contribution in [0.15, 0.2) is 30.3 Å².